The highest BCUT2D eigenvalue weighted by atomic mass is 19.3. The topological polar surface area (TPSA) is 50.7 Å². The van der Waals surface area contributed by atoms with Gasteiger partial charge in [0.15, 0.2) is 11.5 Å². The fourth-order valence-corrected chi connectivity index (χ4v) is 3.11. The van der Waals surface area contributed by atoms with Crippen molar-refractivity contribution < 1.29 is 23.4 Å². The molecule has 1 aliphatic carbocycles. The Morgan fingerprint density at radius 1 is 1.22 bits per heavy atom. The summed E-state index contributed by atoms with van der Waals surface area (Å²) in [5.74, 6) is 0.775. The van der Waals surface area contributed by atoms with E-state index in [1.54, 1.807) is 12.1 Å². The van der Waals surface area contributed by atoms with Crippen LogP contribution in [-0.2, 0) is 0 Å². The first kappa shape index (κ1) is 17.9. The number of aliphatic hydroxyl groups excluding tert-OH is 1. The van der Waals surface area contributed by atoms with Crippen molar-refractivity contribution in [1.29, 1.82) is 0 Å². The monoisotopic (exact) mass is 329 g/mol. The van der Waals surface area contributed by atoms with Gasteiger partial charge in [-0.1, -0.05) is 6.07 Å². The molecular weight excluding hydrogens is 304 g/mol. The molecule has 0 saturated heterocycles. The van der Waals surface area contributed by atoms with Gasteiger partial charge < -0.3 is 19.9 Å². The molecule has 130 valence electrons. The van der Waals surface area contributed by atoms with E-state index in [-0.39, 0.29) is 18.4 Å². The molecule has 1 aromatic rings. The minimum atomic E-state index is -2.87. The molecule has 0 aliphatic heterocycles. The first-order valence-electron chi connectivity index (χ1n) is 8.03. The van der Waals surface area contributed by atoms with Crippen LogP contribution in [0.2, 0.25) is 0 Å². The first-order valence-corrected chi connectivity index (χ1v) is 8.03. The third kappa shape index (κ3) is 5.04. The van der Waals surface area contributed by atoms with Gasteiger partial charge in [-0.05, 0) is 56.2 Å². The second kappa shape index (κ2) is 8.45. The molecule has 1 saturated carbocycles. The molecule has 1 fully saturated rings. The Morgan fingerprint density at radius 2 is 1.91 bits per heavy atom. The molecule has 2 rings (SSSR count). The van der Waals surface area contributed by atoms with E-state index in [9.17, 15) is 13.9 Å². The van der Waals surface area contributed by atoms with E-state index in [0.717, 1.165) is 31.2 Å². The van der Waals surface area contributed by atoms with Crippen LogP contribution in [0.3, 0.4) is 0 Å². The van der Waals surface area contributed by atoms with Crippen LogP contribution >= 0.6 is 0 Å². The molecule has 1 unspecified atom stereocenters. The van der Waals surface area contributed by atoms with Gasteiger partial charge in [-0.2, -0.15) is 8.78 Å². The lowest BCUT2D eigenvalue weighted by Gasteiger charge is -2.30. The van der Waals surface area contributed by atoms with E-state index in [0.29, 0.717) is 17.7 Å². The summed E-state index contributed by atoms with van der Waals surface area (Å²) < 4.78 is 34.3. The van der Waals surface area contributed by atoms with E-state index in [2.05, 4.69) is 10.1 Å². The molecule has 0 spiro atoms. The maximum absolute atomic E-state index is 12.4. The number of ether oxygens (including phenoxy) is 2. The lowest BCUT2D eigenvalue weighted by atomic mass is 9.86. The van der Waals surface area contributed by atoms with Crippen molar-refractivity contribution in [2.45, 2.75) is 51.3 Å². The first-order chi connectivity index (χ1) is 11.0. The molecule has 23 heavy (non-hydrogen) atoms. The van der Waals surface area contributed by atoms with E-state index < -0.39 is 6.61 Å². The molecule has 0 aromatic heterocycles. The average molecular weight is 329 g/mol. The Bertz CT molecular complexity index is 491. The number of hydrogen-bond acceptors (Lipinski definition) is 4. The second-order valence-electron chi connectivity index (χ2n) is 6.08. The van der Waals surface area contributed by atoms with Crippen LogP contribution in [0.15, 0.2) is 18.2 Å². The summed E-state index contributed by atoms with van der Waals surface area (Å²) in [5.41, 5.74) is 0.966. The summed E-state index contributed by atoms with van der Waals surface area (Å²) in [6.45, 7) is -0.557. The predicted molar refractivity (Wildman–Crippen MR) is 84.0 cm³/mol. The SMILES string of the molecule is COc1cc(C(C)NC2CCC(CO)CC2)ccc1OC(F)F. The fraction of sp³-hybridized carbons (Fsp3) is 0.647. The number of alkyl halides is 2. The molecule has 1 atom stereocenters. The molecule has 1 aromatic carbocycles. The lowest BCUT2D eigenvalue weighted by Crippen LogP contribution is -2.35. The van der Waals surface area contributed by atoms with Crippen molar-refractivity contribution >= 4 is 0 Å². The van der Waals surface area contributed by atoms with Crippen molar-refractivity contribution in [3.05, 3.63) is 23.8 Å². The van der Waals surface area contributed by atoms with E-state index in [4.69, 9.17) is 4.74 Å². The summed E-state index contributed by atoms with van der Waals surface area (Å²) in [7, 11) is 1.44. The van der Waals surface area contributed by atoms with E-state index in [1.807, 2.05) is 6.92 Å². The number of nitrogens with one attached hydrogen (secondary N) is 1. The van der Waals surface area contributed by atoms with Crippen molar-refractivity contribution in [3.63, 3.8) is 0 Å². The zero-order valence-electron chi connectivity index (χ0n) is 13.6. The number of benzene rings is 1. The summed E-state index contributed by atoms with van der Waals surface area (Å²) in [6, 6.07) is 5.52. The van der Waals surface area contributed by atoms with Gasteiger partial charge in [0.25, 0.3) is 0 Å². The number of halogens is 2. The third-order valence-electron chi connectivity index (χ3n) is 4.49. The Balaban J connectivity index is 1.98. The molecule has 4 nitrogen and oxygen atoms in total. The van der Waals surface area contributed by atoms with Gasteiger partial charge in [-0.15, -0.1) is 0 Å². The normalized spacial score (nSPS) is 22.9. The van der Waals surface area contributed by atoms with Gasteiger partial charge in [0.1, 0.15) is 0 Å². The predicted octanol–water partition coefficient (Wildman–Crippen LogP) is 3.50. The smallest absolute Gasteiger partial charge is 0.387 e. The van der Waals surface area contributed by atoms with Gasteiger partial charge in [0.05, 0.1) is 7.11 Å². The largest absolute Gasteiger partial charge is 0.493 e. The highest BCUT2D eigenvalue weighted by Gasteiger charge is 2.22. The van der Waals surface area contributed by atoms with Gasteiger partial charge in [-0.3, -0.25) is 0 Å². The summed E-state index contributed by atoms with van der Waals surface area (Å²) in [5, 5.41) is 12.7. The average Bonchev–Trinajstić information content (AvgIpc) is 2.55. The molecule has 2 N–H and O–H groups in total. The molecule has 6 heteroatoms. The lowest BCUT2D eigenvalue weighted by molar-refractivity contribution is -0.0512. The molecular formula is C17H25F2NO3. The second-order valence-corrected chi connectivity index (χ2v) is 6.08. The maximum Gasteiger partial charge on any atom is 0.387 e. The Hall–Kier alpha value is -1.40. The van der Waals surface area contributed by atoms with Crippen LogP contribution in [0.1, 0.15) is 44.2 Å². The number of aliphatic hydroxyl groups is 1. The van der Waals surface area contributed by atoms with Gasteiger partial charge in [-0.25, -0.2) is 0 Å². The van der Waals surface area contributed by atoms with E-state index >= 15 is 0 Å². The molecule has 0 bridgehead atoms. The Labute approximate surface area is 135 Å². The Morgan fingerprint density at radius 3 is 2.48 bits per heavy atom. The third-order valence-corrected chi connectivity index (χ3v) is 4.49. The molecule has 1 aliphatic rings. The van der Waals surface area contributed by atoms with Crippen molar-refractivity contribution in [2.75, 3.05) is 13.7 Å². The zero-order valence-corrected chi connectivity index (χ0v) is 13.6. The maximum atomic E-state index is 12.4. The van der Waals surface area contributed by atoms with Crippen molar-refractivity contribution in [2.24, 2.45) is 5.92 Å². The molecule has 0 amide bonds. The van der Waals surface area contributed by atoms with Gasteiger partial charge >= 0.3 is 6.61 Å². The van der Waals surface area contributed by atoms with E-state index in [1.165, 1.54) is 13.2 Å². The van der Waals surface area contributed by atoms with Crippen molar-refractivity contribution in [3.8, 4) is 11.5 Å². The fourth-order valence-electron chi connectivity index (χ4n) is 3.11. The summed E-state index contributed by atoms with van der Waals surface area (Å²) in [4.78, 5) is 0. The van der Waals surface area contributed by atoms with Crippen LogP contribution in [0.25, 0.3) is 0 Å². The van der Waals surface area contributed by atoms with Crippen LogP contribution in [0.5, 0.6) is 11.5 Å². The molecule has 0 radical (unpaired) electrons. The summed E-state index contributed by atoms with van der Waals surface area (Å²) >= 11 is 0. The minimum absolute atomic E-state index is 0.0434. The van der Waals surface area contributed by atoms with Crippen LogP contribution < -0.4 is 14.8 Å². The van der Waals surface area contributed by atoms with Crippen LogP contribution in [0.4, 0.5) is 8.78 Å². The Kier molecular flexibility index (Phi) is 6.59. The van der Waals surface area contributed by atoms with Gasteiger partial charge in [0, 0.05) is 18.7 Å². The quantitative estimate of drug-likeness (QED) is 0.804. The zero-order chi connectivity index (χ0) is 16.8. The number of methoxy groups -OCH3 is 1. The summed E-state index contributed by atoms with van der Waals surface area (Å²) in [6.07, 6.45) is 4.15. The number of rotatable bonds is 7. The van der Waals surface area contributed by atoms with Crippen molar-refractivity contribution in [1.82, 2.24) is 5.32 Å². The minimum Gasteiger partial charge on any atom is -0.493 e. The highest BCUT2D eigenvalue weighted by Crippen LogP contribution is 2.32. The number of hydrogen-bond donors (Lipinski definition) is 2. The standard InChI is InChI=1S/C17H25F2NO3/c1-11(20-14-6-3-12(10-21)4-7-14)13-5-8-15(23-17(18)19)16(9-13)22-2/h5,8-9,11-12,14,17,20-21H,3-4,6-7,10H2,1-2H3. The molecule has 0 heterocycles. The van der Waals surface area contributed by atoms with Gasteiger partial charge in [0.2, 0.25) is 0 Å². The highest BCUT2D eigenvalue weighted by molar-refractivity contribution is 5.43. The van der Waals surface area contributed by atoms with Crippen LogP contribution in [0, 0.1) is 5.92 Å². The van der Waals surface area contributed by atoms with Crippen LogP contribution in [-0.4, -0.2) is 31.5 Å².